The summed E-state index contributed by atoms with van der Waals surface area (Å²) in [7, 11) is 0. The average Bonchev–Trinajstić information content (AvgIpc) is 2.24. The summed E-state index contributed by atoms with van der Waals surface area (Å²) in [6.07, 6.45) is 9.82. The zero-order valence-electron chi connectivity index (χ0n) is 10.5. The maximum Gasteiger partial charge on any atom is 0.0702 e. The van der Waals surface area contributed by atoms with Crippen molar-refractivity contribution in [2.45, 2.75) is 63.6 Å². The van der Waals surface area contributed by atoms with Gasteiger partial charge in [0.05, 0.1) is 11.7 Å². The third kappa shape index (κ3) is 1.80. The highest BCUT2D eigenvalue weighted by atomic mass is 16.5. The Balaban J connectivity index is 1.73. The van der Waals surface area contributed by atoms with Gasteiger partial charge in [0, 0.05) is 6.54 Å². The molecule has 0 aromatic carbocycles. The van der Waals surface area contributed by atoms with Gasteiger partial charge in [0.2, 0.25) is 0 Å². The van der Waals surface area contributed by atoms with Crippen LogP contribution in [0.2, 0.25) is 0 Å². The lowest BCUT2D eigenvalue weighted by molar-refractivity contribution is -0.186. The average molecular weight is 223 g/mol. The molecule has 2 N–H and O–H groups in total. The summed E-state index contributed by atoms with van der Waals surface area (Å²) in [5.74, 6) is 2.92. The van der Waals surface area contributed by atoms with Gasteiger partial charge in [0.1, 0.15) is 0 Å². The van der Waals surface area contributed by atoms with Crippen LogP contribution in [0.1, 0.15) is 51.9 Å². The molecular formula is C14H25NO. The van der Waals surface area contributed by atoms with Gasteiger partial charge in [0.25, 0.3) is 0 Å². The van der Waals surface area contributed by atoms with Crippen LogP contribution in [0.3, 0.4) is 0 Å². The minimum Gasteiger partial charge on any atom is -0.370 e. The van der Waals surface area contributed by atoms with Gasteiger partial charge in [-0.3, -0.25) is 0 Å². The lowest BCUT2D eigenvalue weighted by atomic mass is 9.54. The topological polar surface area (TPSA) is 35.2 Å². The molecule has 0 aromatic heterocycles. The van der Waals surface area contributed by atoms with E-state index in [2.05, 4.69) is 6.92 Å². The van der Waals surface area contributed by atoms with E-state index in [0.29, 0.717) is 12.6 Å². The van der Waals surface area contributed by atoms with Gasteiger partial charge in [-0.1, -0.05) is 6.92 Å². The van der Waals surface area contributed by atoms with E-state index in [1.54, 1.807) is 0 Å². The van der Waals surface area contributed by atoms with Crippen LogP contribution in [-0.4, -0.2) is 18.2 Å². The predicted octanol–water partition coefficient (Wildman–Crippen LogP) is 2.71. The summed E-state index contributed by atoms with van der Waals surface area (Å²) < 4.78 is 6.42. The first-order valence-electron chi connectivity index (χ1n) is 7.11. The molecule has 1 atom stereocenters. The first-order valence-corrected chi connectivity index (χ1v) is 7.11. The molecule has 4 fully saturated rings. The fraction of sp³-hybridized carbons (Fsp3) is 1.00. The maximum absolute atomic E-state index is 6.42. The molecule has 4 rings (SSSR count). The van der Waals surface area contributed by atoms with Gasteiger partial charge in [0.15, 0.2) is 0 Å². The Morgan fingerprint density at radius 1 is 1.12 bits per heavy atom. The van der Waals surface area contributed by atoms with E-state index in [4.69, 9.17) is 10.5 Å². The number of hydrogen-bond donors (Lipinski definition) is 1. The van der Waals surface area contributed by atoms with Crippen LogP contribution >= 0.6 is 0 Å². The molecule has 92 valence electrons. The molecule has 4 aliphatic carbocycles. The van der Waals surface area contributed by atoms with E-state index in [-0.39, 0.29) is 5.60 Å². The van der Waals surface area contributed by atoms with Crippen molar-refractivity contribution < 1.29 is 4.74 Å². The molecule has 2 nitrogen and oxygen atoms in total. The van der Waals surface area contributed by atoms with Crippen molar-refractivity contribution in [1.82, 2.24) is 0 Å². The lowest BCUT2D eigenvalue weighted by Gasteiger charge is -2.57. The zero-order chi connectivity index (χ0) is 11.2. The molecule has 0 amide bonds. The van der Waals surface area contributed by atoms with Gasteiger partial charge in [-0.05, 0) is 62.7 Å². The Morgan fingerprint density at radius 3 is 2.00 bits per heavy atom. The lowest BCUT2D eigenvalue weighted by Crippen LogP contribution is -2.53. The number of ether oxygens (including phenoxy) is 1. The highest BCUT2D eigenvalue weighted by molar-refractivity contribution is 5.03. The van der Waals surface area contributed by atoms with Crippen LogP contribution in [0.15, 0.2) is 0 Å². The third-order valence-electron chi connectivity index (χ3n) is 5.12. The Morgan fingerprint density at radius 2 is 1.62 bits per heavy atom. The summed E-state index contributed by atoms with van der Waals surface area (Å²) in [4.78, 5) is 0. The first kappa shape index (κ1) is 11.0. The molecule has 0 aromatic rings. The molecule has 4 saturated carbocycles. The van der Waals surface area contributed by atoms with E-state index in [0.717, 1.165) is 24.2 Å². The molecule has 1 unspecified atom stereocenters. The monoisotopic (exact) mass is 223 g/mol. The second-order valence-corrected chi connectivity index (χ2v) is 6.48. The molecule has 0 spiro atoms. The van der Waals surface area contributed by atoms with Crippen LogP contribution in [0.5, 0.6) is 0 Å². The Labute approximate surface area is 98.9 Å². The van der Waals surface area contributed by atoms with Crippen molar-refractivity contribution in [3.05, 3.63) is 0 Å². The summed E-state index contributed by atoms with van der Waals surface area (Å²) in [6.45, 7) is 2.89. The zero-order valence-corrected chi connectivity index (χ0v) is 10.5. The van der Waals surface area contributed by atoms with Crippen LogP contribution < -0.4 is 5.73 Å². The van der Waals surface area contributed by atoms with Gasteiger partial charge in [-0.2, -0.15) is 0 Å². The quantitative estimate of drug-likeness (QED) is 0.795. The van der Waals surface area contributed by atoms with Gasteiger partial charge in [-0.15, -0.1) is 0 Å². The first-order chi connectivity index (χ1) is 7.73. The van der Waals surface area contributed by atoms with E-state index in [1.165, 1.54) is 38.5 Å². The van der Waals surface area contributed by atoms with Gasteiger partial charge in [-0.25, -0.2) is 0 Å². The van der Waals surface area contributed by atoms with Crippen molar-refractivity contribution in [2.24, 2.45) is 23.5 Å². The van der Waals surface area contributed by atoms with E-state index < -0.39 is 0 Å². The molecule has 0 heterocycles. The van der Waals surface area contributed by atoms with E-state index in [9.17, 15) is 0 Å². The standard InChI is InChI=1S/C14H25NO/c1-2-13(9-15)16-14-6-10-3-11(7-14)5-12(4-10)8-14/h10-13H,2-9,15H2,1H3. The number of hydrogen-bond acceptors (Lipinski definition) is 2. The molecule has 2 heteroatoms. The van der Waals surface area contributed by atoms with Crippen LogP contribution in [0.4, 0.5) is 0 Å². The normalized spacial score (nSPS) is 47.2. The van der Waals surface area contributed by atoms with Crippen molar-refractivity contribution in [1.29, 1.82) is 0 Å². The summed E-state index contributed by atoms with van der Waals surface area (Å²) in [6, 6.07) is 0. The van der Waals surface area contributed by atoms with Gasteiger partial charge >= 0.3 is 0 Å². The fourth-order valence-electron chi connectivity index (χ4n) is 4.83. The van der Waals surface area contributed by atoms with Crippen molar-refractivity contribution in [2.75, 3.05) is 6.54 Å². The van der Waals surface area contributed by atoms with Crippen LogP contribution in [-0.2, 0) is 4.74 Å². The summed E-state index contributed by atoms with van der Waals surface area (Å²) >= 11 is 0. The Bertz CT molecular complexity index is 224. The molecule has 0 aliphatic heterocycles. The SMILES string of the molecule is CCC(CN)OC12CC3CC(CC(C3)C1)C2. The largest absolute Gasteiger partial charge is 0.370 e. The highest BCUT2D eigenvalue weighted by Crippen LogP contribution is 2.57. The predicted molar refractivity (Wildman–Crippen MR) is 65.1 cm³/mol. The number of nitrogens with two attached hydrogens (primary N) is 1. The second-order valence-electron chi connectivity index (χ2n) is 6.48. The van der Waals surface area contributed by atoms with Crippen LogP contribution in [0.25, 0.3) is 0 Å². The minimum absolute atomic E-state index is 0.245. The molecule has 0 radical (unpaired) electrons. The molecule has 16 heavy (non-hydrogen) atoms. The molecular weight excluding hydrogens is 198 g/mol. The third-order valence-corrected chi connectivity index (χ3v) is 5.12. The fourth-order valence-corrected chi connectivity index (χ4v) is 4.83. The van der Waals surface area contributed by atoms with Crippen molar-refractivity contribution in [3.63, 3.8) is 0 Å². The Hall–Kier alpha value is -0.0800. The summed E-state index contributed by atoms with van der Waals surface area (Å²) in [5.41, 5.74) is 6.03. The molecule has 4 bridgehead atoms. The maximum atomic E-state index is 6.42. The highest BCUT2D eigenvalue weighted by Gasteiger charge is 2.52. The summed E-state index contributed by atoms with van der Waals surface area (Å²) in [5, 5.41) is 0. The molecule has 4 aliphatic rings. The number of rotatable bonds is 4. The van der Waals surface area contributed by atoms with Crippen molar-refractivity contribution >= 4 is 0 Å². The molecule has 0 saturated heterocycles. The Kier molecular flexibility index (Phi) is 2.75. The van der Waals surface area contributed by atoms with Crippen LogP contribution in [0, 0.1) is 17.8 Å². The van der Waals surface area contributed by atoms with E-state index in [1.807, 2.05) is 0 Å². The second kappa shape index (κ2) is 3.99. The van der Waals surface area contributed by atoms with Gasteiger partial charge < -0.3 is 10.5 Å². The smallest absolute Gasteiger partial charge is 0.0702 e. The van der Waals surface area contributed by atoms with Crippen molar-refractivity contribution in [3.8, 4) is 0 Å². The van der Waals surface area contributed by atoms with E-state index >= 15 is 0 Å². The minimum atomic E-state index is 0.245.